The summed E-state index contributed by atoms with van der Waals surface area (Å²) in [5.74, 6) is -1.25. The summed E-state index contributed by atoms with van der Waals surface area (Å²) in [6, 6.07) is 10.3. The van der Waals surface area contributed by atoms with Crippen molar-refractivity contribution in [3.8, 4) is 0 Å². The van der Waals surface area contributed by atoms with Gasteiger partial charge in [0.15, 0.2) is 0 Å². The quantitative estimate of drug-likeness (QED) is 0.928. The predicted octanol–water partition coefficient (Wildman–Crippen LogP) is 2.99. The molecule has 0 aromatic heterocycles. The number of rotatable bonds is 4. The van der Waals surface area contributed by atoms with E-state index < -0.39 is 27.9 Å². The van der Waals surface area contributed by atoms with Crippen LogP contribution in [-0.2, 0) is 21.2 Å². The van der Waals surface area contributed by atoms with E-state index in [1.54, 1.807) is 36.4 Å². The second-order valence-electron chi connectivity index (χ2n) is 4.80. The number of sulfonamides is 1. The smallest absolute Gasteiger partial charge is 0.274 e. The molecule has 0 aliphatic carbocycles. The zero-order valence-corrected chi connectivity index (χ0v) is 12.5. The normalized spacial score (nSPS) is 12.1. The van der Waals surface area contributed by atoms with Crippen LogP contribution in [0.1, 0.15) is 11.1 Å². The van der Waals surface area contributed by atoms with Gasteiger partial charge < -0.3 is 0 Å². The minimum Gasteiger partial charge on any atom is -0.274 e. The summed E-state index contributed by atoms with van der Waals surface area (Å²) in [4.78, 5) is 11.5. The average molecular weight is 343 g/mol. The first-order chi connectivity index (χ1) is 10.6. The Morgan fingerprint density at radius 2 is 1.74 bits per heavy atom. The molecule has 0 heterocycles. The van der Waals surface area contributed by atoms with E-state index in [9.17, 15) is 26.4 Å². The molecule has 0 aliphatic heterocycles. The lowest BCUT2D eigenvalue weighted by Gasteiger charge is -2.09. The summed E-state index contributed by atoms with van der Waals surface area (Å²) < 4.78 is 59.3. The van der Waals surface area contributed by atoms with Crippen molar-refractivity contribution in [1.29, 1.82) is 0 Å². The molecule has 1 N–H and O–H groups in total. The predicted molar refractivity (Wildman–Crippen MR) is 80.9 cm³/mol. The zero-order chi connectivity index (χ0) is 17.3. The molecule has 0 spiro atoms. The Hall–Kier alpha value is -2.35. The fraction of sp³-hybridized carbons (Fsp3) is 0.133. The highest BCUT2D eigenvalue weighted by Gasteiger charge is 2.46. The fourth-order valence-corrected chi connectivity index (χ4v) is 2.47. The topological polar surface area (TPSA) is 63.2 Å². The molecule has 0 radical (unpaired) electrons. The number of nitrogens with one attached hydrogen (secondary N) is 1. The third kappa shape index (κ3) is 3.89. The highest BCUT2D eigenvalue weighted by atomic mass is 32.2. The van der Waals surface area contributed by atoms with Gasteiger partial charge in [-0.3, -0.25) is 4.79 Å². The summed E-state index contributed by atoms with van der Waals surface area (Å²) >= 11 is 0. The van der Waals surface area contributed by atoms with Gasteiger partial charge in [0.2, 0.25) is 5.91 Å². The minimum atomic E-state index is -5.68. The number of carbonyl (C=O) groups excluding carboxylic acids is 1. The molecule has 0 atom stereocenters. The van der Waals surface area contributed by atoms with Crippen LogP contribution in [0.15, 0.2) is 43.0 Å². The first kappa shape index (κ1) is 17.0. The molecule has 23 heavy (non-hydrogen) atoms. The molecule has 0 bridgehead atoms. The lowest BCUT2D eigenvalue weighted by atomic mass is 10.0. The molecule has 0 unspecified atom stereocenters. The van der Waals surface area contributed by atoms with Crippen LogP contribution in [0.2, 0.25) is 0 Å². The molecule has 4 nitrogen and oxygen atoms in total. The summed E-state index contributed by atoms with van der Waals surface area (Å²) in [7, 11) is -5.68. The van der Waals surface area contributed by atoms with Gasteiger partial charge in [0.1, 0.15) is 0 Å². The third-order valence-electron chi connectivity index (χ3n) is 3.08. The number of alkyl halides is 3. The van der Waals surface area contributed by atoms with Gasteiger partial charge in [0, 0.05) is 0 Å². The van der Waals surface area contributed by atoms with Gasteiger partial charge in [-0.2, -0.15) is 21.6 Å². The van der Waals surface area contributed by atoms with Crippen molar-refractivity contribution in [2.75, 3.05) is 0 Å². The summed E-state index contributed by atoms with van der Waals surface area (Å²) in [5, 5.41) is 1.65. The second-order valence-corrected chi connectivity index (χ2v) is 6.47. The van der Waals surface area contributed by atoms with Gasteiger partial charge >= 0.3 is 15.5 Å². The lowest BCUT2D eigenvalue weighted by Crippen LogP contribution is -2.40. The van der Waals surface area contributed by atoms with Crippen molar-refractivity contribution in [2.45, 2.75) is 11.9 Å². The maximum absolute atomic E-state index is 12.2. The van der Waals surface area contributed by atoms with E-state index in [4.69, 9.17) is 0 Å². The molecule has 2 aromatic rings. The Kier molecular flexibility index (Phi) is 4.46. The average Bonchev–Trinajstić information content (AvgIpc) is 2.44. The number of hydrogen-bond donors (Lipinski definition) is 1. The number of fused-ring (bicyclic) bond motifs is 1. The van der Waals surface area contributed by atoms with Crippen LogP contribution >= 0.6 is 0 Å². The van der Waals surface area contributed by atoms with E-state index in [2.05, 4.69) is 6.58 Å². The van der Waals surface area contributed by atoms with Crippen molar-refractivity contribution in [2.24, 2.45) is 0 Å². The first-order valence-corrected chi connectivity index (χ1v) is 7.88. The molecule has 0 aliphatic rings. The van der Waals surface area contributed by atoms with Crippen LogP contribution in [-0.4, -0.2) is 19.8 Å². The summed E-state index contributed by atoms with van der Waals surface area (Å²) in [6.07, 6.45) is 1.19. The van der Waals surface area contributed by atoms with Crippen molar-refractivity contribution >= 4 is 32.8 Å². The monoisotopic (exact) mass is 343 g/mol. The maximum atomic E-state index is 12.2. The van der Waals surface area contributed by atoms with Crippen LogP contribution in [0.25, 0.3) is 16.8 Å². The van der Waals surface area contributed by atoms with E-state index in [0.717, 1.165) is 21.1 Å². The second kappa shape index (κ2) is 6.04. The highest BCUT2D eigenvalue weighted by molar-refractivity contribution is 7.90. The Bertz CT molecular complexity index is 873. The van der Waals surface area contributed by atoms with Crippen molar-refractivity contribution < 1.29 is 26.4 Å². The third-order valence-corrected chi connectivity index (χ3v) is 4.19. The SMILES string of the molecule is C=Cc1ccc2cc(CC(=O)NS(=O)(=O)C(F)(F)F)ccc2c1. The van der Waals surface area contributed by atoms with Crippen molar-refractivity contribution in [1.82, 2.24) is 4.72 Å². The zero-order valence-electron chi connectivity index (χ0n) is 11.7. The van der Waals surface area contributed by atoms with Gasteiger partial charge in [-0.05, 0) is 28.0 Å². The molecule has 2 rings (SSSR count). The maximum Gasteiger partial charge on any atom is 0.516 e. The standard InChI is InChI=1S/C15H12F3NO3S/c1-2-10-3-5-13-8-11(4-6-12(13)7-10)9-14(20)19-23(21,22)15(16,17)18/h2-8H,1,9H2,(H,19,20). The number of amides is 1. The van der Waals surface area contributed by atoms with Gasteiger partial charge in [-0.25, -0.2) is 4.72 Å². The molecule has 0 saturated heterocycles. The number of carbonyl (C=O) groups is 1. The van der Waals surface area contributed by atoms with Crippen LogP contribution in [0.5, 0.6) is 0 Å². The number of hydrogen-bond acceptors (Lipinski definition) is 3. The Balaban J connectivity index is 2.19. The van der Waals surface area contributed by atoms with Crippen molar-refractivity contribution in [3.05, 3.63) is 54.1 Å². The molecule has 122 valence electrons. The van der Waals surface area contributed by atoms with E-state index in [-0.39, 0.29) is 0 Å². The van der Waals surface area contributed by atoms with Crippen LogP contribution in [0.3, 0.4) is 0 Å². The van der Waals surface area contributed by atoms with E-state index >= 15 is 0 Å². The van der Waals surface area contributed by atoms with Gasteiger partial charge in [-0.15, -0.1) is 0 Å². The first-order valence-electron chi connectivity index (χ1n) is 6.39. The van der Waals surface area contributed by atoms with E-state index in [1.165, 1.54) is 0 Å². The minimum absolute atomic E-state index is 0.402. The van der Waals surface area contributed by atoms with Crippen LogP contribution in [0.4, 0.5) is 13.2 Å². The molecule has 8 heteroatoms. The van der Waals surface area contributed by atoms with Crippen molar-refractivity contribution in [3.63, 3.8) is 0 Å². The van der Waals surface area contributed by atoms with Gasteiger partial charge in [0.25, 0.3) is 0 Å². The fourth-order valence-electron chi connectivity index (χ4n) is 1.98. The molecule has 0 saturated carbocycles. The summed E-state index contributed by atoms with van der Waals surface area (Å²) in [6.45, 7) is 3.65. The Labute approximate surface area is 130 Å². The number of benzene rings is 2. The molecule has 1 amide bonds. The Morgan fingerprint density at radius 1 is 1.13 bits per heavy atom. The lowest BCUT2D eigenvalue weighted by molar-refractivity contribution is -0.119. The number of halogens is 3. The summed E-state index contributed by atoms with van der Waals surface area (Å²) in [5.41, 5.74) is -4.22. The van der Waals surface area contributed by atoms with E-state index in [1.807, 2.05) is 6.07 Å². The van der Waals surface area contributed by atoms with Crippen LogP contribution < -0.4 is 4.72 Å². The molecular formula is C15H12F3NO3S. The molecular weight excluding hydrogens is 331 g/mol. The molecule has 0 fully saturated rings. The molecule has 2 aromatic carbocycles. The highest BCUT2D eigenvalue weighted by Crippen LogP contribution is 2.22. The largest absolute Gasteiger partial charge is 0.516 e. The Morgan fingerprint density at radius 3 is 2.35 bits per heavy atom. The van der Waals surface area contributed by atoms with Gasteiger partial charge in [0.05, 0.1) is 6.42 Å². The van der Waals surface area contributed by atoms with E-state index in [0.29, 0.717) is 5.56 Å². The van der Waals surface area contributed by atoms with Gasteiger partial charge in [-0.1, -0.05) is 43.0 Å². The van der Waals surface area contributed by atoms with Crippen LogP contribution in [0, 0.1) is 0 Å².